The lowest BCUT2D eigenvalue weighted by Gasteiger charge is -2.24. The molecule has 0 aliphatic heterocycles. The fraction of sp³-hybridized carbons (Fsp3) is 0.625. The minimum absolute atomic E-state index is 0.298. The molecule has 0 amide bonds. The summed E-state index contributed by atoms with van der Waals surface area (Å²) < 4.78 is 5.47. The minimum Gasteiger partial charge on any atom is -0.496 e. The van der Waals surface area contributed by atoms with Gasteiger partial charge in [0.25, 0.3) is 0 Å². The highest BCUT2D eigenvalue weighted by atomic mass is 16.5. The van der Waals surface area contributed by atoms with Gasteiger partial charge < -0.3 is 15.8 Å². The van der Waals surface area contributed by atoms with Gasteiger partial charge in [-0.3, -0.25) is 0 Å². The van der Waals surface area contributed by atoms with Gasteiger partial charge in [-0.05, 0) is 42.0 Å². The molecular weight excluding hydrogens is 236 g/mol. The summed E-state index contributed by atoms with van der Waals surface area (Å²) in [5, 5.41) is 3.56. The van der Waals surface area contributed by atoms with Crippen molar-refractivity contribution in [2.24, 2.45) is 11.7 Å². The molecular formula is C16H28N2O. The molecule has 3 N–H and O–H groups in total. The Morgan fingerprint density at radius 3 is 2.26 bits per heavy atom. The molecule has 108 valence electrons. The van der Waals surface area contributed by atoms with Gasteiger partial charge in [0.05, 0.1) is 7.11 Å². The highest BCUT2D eigenvalue weighted by Gasteiger charge is 2.15. The Labute approximate surface area is 117 Å². The van der Waals surface area contributed by atoms with Crippen molar-refractivity contribution in [3.05, 3.63) is 23.3 Å². The van der Waals surface area contributed by atoms with E-state index in [-0.39, 0.29) is 0 Å². The normalized spacial score (nSPS) is 12.9. The maximum absolute atomic E-state index is 5.84. The van der Waals surface area contributed by atoms with Crippen LogP contribution in [0.25, 0.3) is 0 Å². The lowest BCUT2D eigenvalue weighted by atomic mass is 9.97. The molecule has 1 unspecified atom stereocenters. The number of methoxy groups -OCH3 is 1. The average Bonchev–Trinajstić information content (AvgIpc) is 2.35. The van der Waals surface area contributed by atoms with Crippen molar-refractivity contribution >= 4 is 5.69 Å². The predicted octanol–water partition coefficient (Wildman–Crippen LogP) is 3.52. The number of hydrogen-bond acceptors (Lipinski definition) is 3. The Morgan fingerprint density at radius 2 is 1.84 bits per heavy atom. The highest BCUT2D eigenvalue weighted by Crippen LogP contribution is 2.32. The molecule has 0 saturated heterocycles. The molecule has 0 saturated carbocycles. The monoisotopic (exact) mass is 264 g/mol. The van der Waals surface area contributed by atoms with E-state index < -0.39 is 0 Å². The van der Waals surface area contributed by atoms with Crippen molar-refractivity contribution in [3.8, 4) is 5.75 Å². The third-order valence-corrected chi connectivity index (χ3v) is 3.60. The second-order valence-corrected chi connectivity index (χ2v) is 5.79. The number of benzene rings is 1. The van der Waals surface area contributed by atoms with Crippen molar-refractivity contribution in [3.63, 3.8) is 0 Å². The number of ether oxygens (including phenoxy) is 1. The summed E-state index contributed by atoms with van der Waals surface area (Å²) in [6, 6.07) is 4.60. The van der Waals surface area contributed by atoms with E-state index in [1.165, 1.54) is 11.1 Å². The highest BCUT2D eigenvalue weighted by molar-refractivity contribution is 5.58. The number of nitrogens with two attached hydrogens (primary N) is 1. The third-order valence-electron chi connectivity index (χ3n) is 3.60. The number of aryl methyl sites for hydroxylation is 1. The molecule has 1 atom stereocenters. The lowest BCUT2D eigenvalue weighted by Crippen LogP contribution is -2.34. The molecule has 0 spiro atoms. The van der Waals surface area contributed by atoms with E-state index in [0.717, 1.165) is 11.4 Å². The first kappa shape index (κ1) is 15.8. The van der Waals surface area contributed by atoms with E-state index >= 15 is 0 Å². The Hall–Kier alpha value is -1.22. The first-order valence-corrected chi connectivity index (χ1v) is 7.05. The van der Waals surface area contributed by atoms with Crippen LogP contribution in [-0.4, -0.2) is 19.7 Å². The van der Waals surface area contributed by atoms with Crippen molar-refractivity contribution in [1.82, 2.24) is 0 Å². The van der Waals surface area contributed by atoms with Crippen LogP contribution in [0, 0.1) is 12.8 Å². The molecule has 0 bridgehead atoms. The van der Waals surface area contributed by atoms with Crippen LogP contribution in [0.4, 0.5) is 5.69 Å². The molecule has 0 radical (unpaired) electrons. The standard InChI is InChI=1S/C16H28N2O/c1-10(2)13-8-14(12(5)7-16(13)19-6)18-15(9-17)11(3)4/h7-8,10-11,15,18H,9,17H2,1-6H3. The molecule has 1 rings (SSSR count). The quantitative estimate of drug-likeness (QED) is 0.826. The number of nitrogens with one attached hydrogen (secondary N) is 1. The molecule has 19 heavy (non-hydrogen) atoms. The van der Waals surface area contributed by atoms with E-state index in [1.807, 2.05) is 0 Å². The van der Waals surface area contributed by atoms with E-state index in [9.17, 15) is 0 Å². The molecule has 0 aliphatic carbocycles. The summed E-state index contributed by atoms with van der Waals surface area (Å²) in [6.07, 6.45) is 0. The Morgan fingerprint density at radius 1 is 1.21 bits per heavy atom. The van der Waals surface area contributed by atoms with Gasteiger partial charge in [0.15, 0.2) is 0 Å². The summed E-state index contributed by atoms with van der Waals surface area (Å²) in [5.41, 5.74) is 9.43. The smallest absolute Gasteiger partial charge is 0.122 e. The Kier molecular flexibility index (Phi) is 5.67. The average molecular weight is 264 g/mol. The first-order chi connectivity index (χ1) is 8.90. The zero-order valence-corrected chi connectivity index (χ0v) is 13.1. The molecule has 0 aliphatic rings. The molecule has 0 aromatic heterocycles. The van der Waals surface area contributed by atoms with Gasteiger partial charge in [0.2, 0.25) is 0 Å². The molecule has 0 heterocycles. The summed E-state index contributed by atoms with van der Waals surface area (Å²) >= 11 is 0. The van der Waals surface area contributed by atoms with E-state index in [4.69, 9.17) is 10.5 Å². The van der Waals surface area contributed by atoms with Crippen molar-refractivity contribution < 1.29 is 4.74 Å². The molecule has 1 aromatic carbocycles. The lowest BCUT2D eigenvalue weighted by molar-refractivity contribution is 0.407. The predicted molar refractivity (Wildman–Crippen MR) is 83.1 cm³/mol. The molecule has 3 nitrogen and oxygen atoms in total. The number of rotatable bonds is 6. The second-order valence-electron chi connectivity index (χ2n) is 5.79. The summed E-state index contributed by atoms with van der Waals surface area (Å²) in [6.45, 7) is 11.5. The first-order valence-electron chi connectivity index (χ1n) is 7.05. The van der Waals surface area contributed by atoms with Gasteiger partial charge in [-0.15, -0.1) is 0 Å². The van der Waals surface area contributed by atoms with Crippen LogP contribution in [0.15, 0.2) is 12.1 Å². The van der Waals surface area contributed by atoms with Gasteiger partial charge in [0, 0.05) is 18.3 Å². The van der Waals surface area contributed by atoms with Crippen molar-refractivity contribution in [2.75, 3.05) is 19.0 Å². The fourth-order valence-corrected chi connectivity index (χ4v) is 2.18. The van der Waals surface area contributed by atoms with Crippen molar-refractivity contribution in [2.45, 2.75) is 46.6 Å². The van der Waals surface area contributed by atoms with Gasteiger partial charge in [-0.2, -0.15) is 0 Å². The largest absolute Gasteiger partial charge is 0.496 e. The van der Waals surface area contributed by atoms with E-state index in [2.05, 4.69) is 52.1 Å². The third kappa shape index (κ3) is 3.87. The zero-order valence-electron chi connectivity index (χ0n) is 13.1. The van der Waals surface area contributed by atoms with Gasteiger partial charge in [0.1, 0.15) is 5.75 Å². The maximum atomic E-state index is 5.84. The van der Waals surface area contributed by atoms with Crippen molar-refractivity contribution in [1.29, 1.82) is 0 Å². The van der Waals surface area contributed by atoms with Crippen LogP contribution in [0.2, 0.25) is 0 Å². The Balaban J connectivity index is 3.11. The van der Waals surface area contributed by atoms with Gasteiger partial charge >= 0.3 is 0 Å². The molecule has 1 aromatic rings. The SMILES string of the molecule is COc1cc(C)c(NC(CN)C(C)C)cc1C(C)C. The van der Waals surface area contributed by atoms with Crippen LogP contribution < -0.4 is 15.8 Å². The number of anilines is 1. The van der Waals surface area contributed by atoms with Crippen LogP contribution in [0.1, 0.15) is 44.7 Å². The zero-order chi connectivity index (χ0) is 14.6. The van der Waals surface area contributed by atoms with E-state index in [0.29, 0.717) is 24.4 Å². The van der Waals surface area contributed by atoms with Gasteiger partial charge in [-0.25, -0.2) is 0 Å². The van der Waals surface area contributed by atoms with Gasteiger partial charge in [-0.1, -0.05) is 27.7 Å². The summed E-state index contributed by atoms with van der Waals surface area (Å²) in [5.74, 6) is 1.91. The van der Waals surface area contributed by atoms with Crippen LogP contribution in [0.5, 0.6) is 5.75 Å². The summed E-state index contributed by atoms with van der Waals surface area (Å²) in [7, 11) is 1.73. The van der Waals surface area contributed by atoms with Crippen LogP contribution >= 0.6 is 0 Å². The minimum atomic E-state index is 0.298. The second kappa shape index (κ2) is 6.80. The number of hydrogen-bond donors (Lipinski definition) is 2. The maximum Gasteiger partial charge on any atom is 0.122 e. The van der Waals surface area contributed by atoms with Crippen LogP contribution in [-0.2, 0) is 0 Å². The van der Waals surface area contributed by atoms with E-state index in [1.54, 1.807) is 7.11 Å². The van der Waals surface area contributed by atoms with Crippen LogP contribution in [0.3, 0.4) is 0 Å². The summed E-state index contributed by atoms with van der Waals surface area (Å²) in [4.78, 5) is 0. The Bertz CT molecular complexity index is 413. The molecule has 3 heteroatoms. The molecule has 0 fully saturated rings. The fourth-order valence-electron chi connectivity index (χ4n) is 2.18. The topological polar surface area (TPSA) is 47.3 Å².